The molecule has 0 aliphatic heterocycles. The van der Waals surface area contributed by atoms with E-state index in [1.165, 1.54) is 29.1 Å². The third-order valence-corrected chi connectivity index (χ3v) is 8.41. The number of carbonyl (C=O) groups excluding carboxylic acids is 2. The number of H-pyrrole nitrogens is 1. The molecule has 0 fully saturated rings. The zero-order chi connectivity index (χ0) is 43.2. The van der Waals surface area contributed by atoms with Gasteiger partial charge in [0.15, 0.2) is 6.04 Å². The van der Waals surface area contributed by atoms with Crippen molar-refractivity contribution < 1.29 is 45.4 Å². The third-order valence-electron chi connectivity index (χ3n) is 8.23. The molecule has 6 rings (SSSR count). The molecule has 0 radical (unpaired) electrons. The smallest absolute Gasteiger partial charge is 0.416 e. The minimum absolute atomic E-state index is 0.251. The van der Waals surface area contributed by atoms with Crippen molar-refractivity contribution in [1.82, 2.24) is 40.8 Å². The van der Waals surface area contributed by atoms with Crippen LogP contribution in [0, 0.1) is 0 Å². The lowest BCUT2D eigenvalue weighted by atomic mass is 9.98. The predicted molar refractivity (Wildman–Crippen MR) is 205 cm³/mol. The summed E-state index contributed by atoms with van der Waals surface area (Å²) in [5, 5.41) is 25.5. The van der Waals surface area contributed by atoms with E-state index in [0.29, 0.717) is 36.7 Å². The molecule has 0 aliphatic rings. The maximum Gasteiger partial charge on any atom is 0.416 e. The number of halogens is 7. The van der Waals surface area contributed by atoms with Gasteiger partial charge in [-0.25, -0.2) is 4.79 Å². The summed E-state index contributed by atoms with van der Waals surface area (Å²) in [6.07, 6.45) is -7.80. The summed E-state index contributed by atoms with van der Waals surface area (Å²) >= 11 is 5.33. The number of nitrogens with one attached hydrogen (secondary N) is 1. The highest BCUT2D eigenvalue weighted by Crippen LogP contribution is 2.31. The van der Waals surface area contributed by atoms with Gasteiger partial charge in [0.05, 0.1) is 24.3 Å². The molecular formula is C40H39ClF6N8O4. The Kier molecular flexibility index (Phi) is 16.2. The van der Waals surface area contributed by atoms with Crippen molar-refractivity contribution >= 4 is 23.5 Å². The van der Waals surface area contributed by atoms with Crippen molar-refractivity contribution in [2.75, 3.05) is 13.2 Å². The summed E-state index contributed by atoms with van der Waals surface area (Å²) in [6.45, 7) is 7.30. The zero-order valence-electron chi connectivity index (χ0n) is 32.1. The van der Waals surface area contributed by atoms with Gasteiger partial charge in [0.1, 0.15) is 5.38 Å². The van der Waals surface area contributed by atoms with E-state index in [2.05, 4.69) is 40.8 Å². The summed E-state index contributed by atoms with van der Waals surface area (Å²) in [5.74, 6) is -0.0326. The molecule has 0 saturated carbocycles. The number of aromatic amines is 1. The van der Waals surface area contributed by atoms with Crippen molar-refractivity contribution in [3.8, 4) is 22.8 Å². The number of hydrogen-bond acceptors (Lipinski definition) is 10. The Morgan fingerprint density at radius 2 is 1.14 bits per heavy atom. The van der Waals surface area contributed by atoms with Gasteiger partial charge in [0.2, 0.25) is 11.6 Å². The fourth-order valence-electron chi connectivity index (χ4n) is 5.24. The Balaban J connectivity index is 0.000000226. The largest absolute Gasteiger partial charge is 0.465 e. The first-order chi connectivity index (χ1) is 28.0. The van der Waals surface area contributed by atoms with Crippen LogP contribution in [0.5, 0.6) is 0 Å². The fraction of sp³-hybridized carbons (Fsp3) is 0.300. The SMILES string of the molecule is CCOC(=O)C(C)Cl.CCOC(=O)C(C)n1nnc(-c2ccccc2Cc2ccc(C(F)(F)F)cc2)n1.FC(F)(F)c1ccc(Cc2ccccc2-c2nn[nH]n2)cc1. The van der Waals surface area contributed by atoms with Gasteiger partial charge in [-0.2, -0.15) is 31.6 Å². The van der Waals surface area contributed by atoms with Gasteiger partial charge in [-0.05, 0) is 97.5 Å². The molecule has 4 aromatic carbocycles. The Hall–Kier alpha value is -6.17. The number of esters is 2. The van der Waals surface area contributed by atoms with Crippen LogP contribution in [0.2, 0.25) is 0 Å². The number of tetrazole rings is 2. The van der Waals surface area contributed by atoms with E-state index in [4.69, 9.17) is 16.3 Å². The lowest BCUT2D eigenvalue weighted by Crippen LogP contribution is -2.21. The van der Waals surface area contributed by atoms with Gasteiger partial charge in [0.25, 0.3) is 0 Å². The van der Waals surface area contributed by atoms with Crippen LogP contribution in [0.3, 0.4) is 0 Å². The summed E-state index contributed by atoms with van der Waals surface area (Å²) in [4.78, 5) is 23.4. The monoisotopic (exact) mass is 844 g/mol. The van der Waals surface area contributed by atoms with Crippen molar-refractivity contribution in [2.24, 2.45) is 0 Å². The fourth-order valence-corrected chi connectivity index (χ4v) is 5.30. The summed E-state index contributed by atoms with van der Waals surface area (Å²) in [7, 11) is 0. The number of alkyl halides is 7. The molecule has 19 heteroatoms. The average molecular weight is 845 g/mol. The molecule has 6 aromatic rings. The predicted octanol–water partition coefficient (Wildman–Crippen LogP) is 8.73. The molecule has 1 N–H and O–H groups in total. The highest BCUT2D eigenvalue weighted by Gasteiger charge is 2.31. The Bertz CT molecular complexity index is 2230. The van der Waals surface area contributed by atoms with Crippen molar-refractivity contribution in [3.05, 3.63) is 130 Å². The van der Waals surface area contributed by atoms with Crippen LogP contribution >= 0.6 is 11.6 Å². The molecule has 0 aliphatic carbocycles. The average Bonchev–Trinajstić information content (AvgIpc) is 3.93. The first kappa shape index (κ1) is 45.5. The number of ether oxygens (including phenoxy) is 2. The van der Waals surface area contributed by atoms with Crippen molar-refractivity contribution in [3.63, 3.8) is 0 Å². The van der Waals surface area contributed by atoms with Crippen LogP contribution in [-0.2, 0) is 44.3 Å². The topological polar surface area (TPSA) is 151 Å². The van der Waals surface area contributed by atoms with E-state index in [1.54, 1.807) is 39.8 Å². The van der Waals surface area contributed by atoms with Gasteiger partial charge in [0, 0.05) is 11.1 Å². The molecule has 0 spiro atoms. The van der Waals surface area contributed by atoms with E-state index in [0.717, 1.165) is 52.1 Å². The van der Waals surface area contributed by atoms with Crippen LogP contribution in [0.25, 0.3) is 22.8 Å². The van der Waals surface area contributed by atoms with Gasteiger partial charge in [-0.15, -0.1) is 36.8 Å². The van der Waals surface area contributed by atoms with Crippen molar-refractivity contribution in [2.45, 2.75) is 64.3 Å². The van der Waals surface area contributed by atoms with Crippen LogP contribution in [0.15, 0.2) is 97.1 Å². The van der Waals surface area contributed by atoms with E-state index < -0.39 is 40.9 Å². The molecule has 0 bridgehead atoms. The number of aromatic nitrogens is 8. The maximum atomic E-state index is 12.7. The van der Waals surface area contributed by atoms with Gasteiger partial charge < -0.3 is 9.47 Å². The maximum absolute atomic E-state index is 12.7. The second-order valence-corrected chi connectivity index (χ2v) is 13.2. The van der Waals surface area contributed by atoms with Crippen LogP contribution in [0.4, 0.5) is 26.3 Å². The third kappa shape index (κ3) is 13.4. The second kappa shape index (κ2) is 21.0. The quantitative estimate of drug-likeness (QED) is 0.0762. The van der Waals surface area contributed by atoms with Crippen LogP contribution in [0.1, 0.15) is 67.1 Å². The molecule has 0 amide bonds. The van der Waals surface area contributed by atoms with E-state index in [-0.39, 0.29) is 12.6 Å². The lowest BCUT2D eigenvalue weighted by Gasteiger charge is -2.10. The van der Waals surface area contributed by atoms with Gasteiger partial charge in [-0.3, -0.25) is 4.79 Å². The van der Waals surface area contributed by atoms with Gasteiger partial charge in [-0.1, -0.05) is 72.8 Å². The zero-order valence-corrected chi connectivity index (χ0v) is 32.9. The summed E-state index contributed by atoms with van der Waals surface area (Å²) in [5.41, 5.74) is 3.40. The normalized spacial score (nSPS) is 12.3. The number of benzene rings is 4. The molecule has 2 atom stereocenters. The van der Waals surface area contributed by atoms with Crippen LogP contribution < -0.4 is 0 Å². The highest BCUT2D eigenvalue weighted by atomic mass is 35.5. The minimum atomic E-state index is -4.37. The first-order valence-electron chi connectivity index (χ1n) is 18.0. The number of nitrogens with zero attached hydrogens (tertiary/aromatic N) is 7. The summed E-state index contributed by atoms with van der Waals surface area (Å²) in [6, 6.07) is 24.2. The number of carbonyl (C=O) groups is 2. The first-order valence-corrected chi connectivity index (χ1v) is 18.4. The standard InChI is InChI=1S/C20H19F3N4O2.C15H11F3N4.C5H9ClO2/c1-3-29-19(28)13(2)27-25-18(24-26-27)17-7-5-4-6-15(17)12-14-8-10-16(11-9-14)20(21,22)23;16-15(17,18)12-7-5-10(6-8-12)9-11-3-1-2-4-13(11)14-19-21-22-20-14;1-3-8-5(7)4(2)6/h4-11,13H,3,12H2,1-2H3;1-8H,9H2,(H,19,20,21,22);4H,3H2,1-2H3. The van der Waals surface area contributed by atoms with Gasteiger partial charge >= 0.3 is 24.3 Å². The molecule has 59 heavy (non-hydrogen) atoms. The van der Waals surface area contributed by atoms with E-state index >= 15 is 0 Å². The molecule has 2 heterocycles. The molecule has 12 nitrogen and oxygen atoms in total. The molecule has 0 saturated heterocycles. The molecule has 2 aromatic heterocycles. The molecular weight excluding hydrogens is 806 g/mol. The van der Waals surface area contributed by atoms with Crippen molar-refractivity contribution in [1.29, 1.82) is 0 Å². The lowest BCUT2D eigenvalue weighted by molar-refractivity contribution is -0.147. The molecule has 312 valence electrons. The van der Waals surface area contributed by atoms with Crippen LogP contribution in [-0.4, -0.2) is 71.4 Å². The molecule has 2 unspecified atom stereocenters. The Labute approximate surface area is 339 Å². The minimum Gasteiger partial charge on any atom is -0.465 e. The summed E-state index contributed by atoms with van der Waals surface area (Å²) < 4.78 is 85.4. The Morgan fingerprint density at radius 3 is 1.54 bits per heavy atom. The number of hydrogen-bond donors (Lipinski definition) is 1. The highest BCUT2D eigenvalue weighted by molar-refractivity contribution is 6.29. The number of rotatable bonds is 11. The van der Waals surface area contributed by atoms with E-state index in [1.807, 2.05) is 36.4 Å². The van der Waals surface area contributed by atoms with E-state index in [9.17, 15) is 35.9 Å². The second-order valence-electron chi connectivity index (χ2n) is 12.5. The Morgan fingerprint density at radius 1 is 0.678 bits per heavy atom.